The molecule has 3 N–H and O–H groups in total. The number of benzene rings is 1. The quantitative estimate of drug-likeness (QED) is 0.412. The number of hydrogen-bond acceptors (Lipinski definition) is 3. The topological polar surface area (TPSA) is 74.0 Å². The van der Waals surface area contributed by atoms with Gasteiger partial charge in [-0.25, -0.2) is 4.39 Å². The molecule has 1 atom stereocenters. The molecule has 144 valence electrons. The van der Waals surface area contributed by atoms with Gasteiger partial charge in [-0.3, -0.25) is 9.59 Å². The lowest BCUT2D eigenvalue weighted by Crippen LogP contribution is -2.18. The Kier molecular flexibility index (Phi) is 5.68. The van der Waals surface area contributed by atoms with Crippen LogP contribution in [0.5, 0.6) is 0 Å². The molecule has 0 spiro atoms. The Balaban J connectivity index is 0.00000225. The molecule has 1 amide bonds. The molecule has 1 aromatic heterocycles. The number of nitrogens with one attached hydrogen (secondary N) is 3. The van der Waals surface area contributed by atoms with Gasteiger partial charge in [0.15, 0.2) is 5.78 Å². The third-order valence-corrected chi connectivity index (χ3v) is 4.76. The summed E-state index contributed by atoms with van der Waals surface area (Å²) in [5, 5.41) is 6.01. The molecule has 3 heterocycles. The monoisotopic (exact) mass is 399 g/mol. The number of carbonyl (C=O) groups is 2. The standard InChI is InChI=1S/C21H18FN3O2.ClH/c1-12(26)13-9-15(24-11-13)10-17-20-16(5-4-14-3-2-8-23-14)18(22)6-7-19(20)25-21(17)27;/h6-7,9-11,14,23-24H,2-3,8H2,1H3,(H,25,27);1H. The molecule has 1 aromatic carbocycles. The highest BCUT2D eigenvalue weighted by Crippen LogP contribution is 2.36. The Labute approximate surface area is 168 Å². The van der Waals surface area contributed by atoms with Crippen LogP contribution >= 0.6 is 12.4 Å². The van der Waals surface area contributed by atoms with Gasteiger partial charge in [-0.15, -0.1) is 12.4 Å². The van der Waals surface area contributed by atoms with E-state index in [1.807, 2.05) is 0 Å². The minimum atomic E-state index is -0.461. The molecule has 0 saturated carbocycles. The highest BCUT2D eigenvalue weighted by molar-refractivity contribution is 6.35. The van der Waals surface area contributed by atoms with Gasteiger partial charge in [0.25, 0.3) is 5.91 Å². The maximum Gasteiger partial charge on any atom is 0.256 e. The molecule has 2 aliphatic heterocycles. The van der Waals surface area contributed by atoms with Crippen LogP contribution in [0.2, 0.25) is 0 Å². The van der Waals surface area contributed by atoms with Gasteiger partial charge in [-0.1, -0.05) is 11.8 Å². The number of H-pyrrole nitrogens is 1. The zero-order valence-electron chi connectivity index (χ0n) is 15.2. The predicted octanol–water partition coefficient (Wildman–Crippen LogP) is 3.37. The Hall–Kier alpha value is -2.88. The lowest BCUT2D eigenvalue weighted by molar-refractivity contribution is -0.110. The predicted molar refractivity (Wildman–Crippen MR) is 109 cm³/mol. The van der Waals surface area contributed by atoms with Crippen LogP contribution in [-0.4, -0.2) is 29.3 Å². The summed E-state index contributed by atoms with van der Waals surface area (Å²) in [5.74, 6) is 5.14. The number of aromatic amines is 1. The number of halogens is 2. The average Bonchev–Trinajstić information content (AvgIpc) is 3.36. The zero-order valence-corrected chi connectivity index (χ0v) is 16.0. The van der Waals surface area contributed by atoms with Crippen molar-refractivity contribution in [2.24, 2.45) is 0 Å². The van der Waals surface area contributed by atoms with Crippen molar-refractivity contribution in [2.75, 3.05) is 11.9 Å². The summed E-state index contributed by atoms with van der Waals surface area (Å²) in [6.07, 6.45) is 5.18. The van der Waals surface area contributed by atoms with E-state index in [0.717, 1.165) is 19.4 Å². The van der Waals surface area contributed by atoms with E-state index in [1.54, 1.807) is 18.3 Å². The summed E-state index contributed by atoms with van der Waals surface area (Å²) in [4.78, 5) is 26.9. The summed E-state index contributed by atoms with van der Waals surface area (Å²) in [6, 6.07) is 4.56. The molecule has 0 radical (unpaired) electrons. The molecule has 2 aliphatic rings. The molecule has 7 heteroatoms. The van der Waals surface area contributed by atoms with Crippen LogP contribution in [0.4, 0.5) is 10.1 Å². The fourth-order valence-corrected chi connectivity index (χ4v) is 3.35. The fourth-order valence-electron chi connectivity index (χ4n) is 3.35. The van der Waals surface area contributed by atoms with Crippen molar-refractivity contribution in [3.05, 3.63) is 52.6 Å². The van der Waals surface area contributed by atoms with E-state index >= 15 is 0 Å². The van der Waals surface area contributed by atoms with E-state index < -0.39 is 5.82 Å². The molecular formula is C21H19ClFN3O2. The Morgan fingerprint density at radius 3 is 2.86 bits per heavy atom. The van der Waals surface area contributed by atoms with Crippen LogP contribution in [0.25, 0.3) is 11.6 Å². The maximum absolute atomic E-state index is 14.5. The van der Waals surface area contributed by atoms with E-state index in [4.69, 9.17) is 0 Å². The van der Waals surface area contributed by atoms with Gasteiger partial charge in [0.1, 0.15) is 5.82 Å². The van der Waals surface area contributed by atoms with Crippen molar-refractivity contribution in [3.8, 4) is 11.8 Å². The summed E-state index contributed by atoms with van der Waals surface area (Å²) >= 11 is 0. The third-order valence-electron chi connectivity index (χ3n) is 4.76. The zero-order chi connectivity index (χ0) is 19.0. The van der Waals surface area contributed by atoms with Gasteiger partial charge in [-0.05, 0) is 50.6 Å². The first-order valence-electron chi connectivity index (χ1n) is 8.83. The number of Topliss-reactive ketones (excluding diaryl/α,β-unsaturated/α-hetero) is 1. The molecule has 1 saturated heterocycles. The van der Waals surface area contributed by atoms with Crippen molar-refractivity contribution >= 4 is 41.4 Å². The number of hydrogen-bond donors (Lipinski definition) is 3. The van der Waals surface area contributed by atoms with Crippen molar-refractivity contribution in [1.29, 1.82) is 0 Å². The van der Waals surface area contributed by atoms with E-state index in [9.17, 15) is 14.0 Å². The second kappa shape index (κ2) is 8.01. The van der Waals surface area contributed by atoms with Crippen LogP contribution in [0.1, 0.15) is 46.9 Å². The molecule has 4 rings (SSSR count). The Morgan fingerprint density at radius 1 is 1.36 bits per heavy atom. The first-order chi connectivity index (χ1) is 13.0. The number of fused-ring (bicyclic) bond motifs is 1. The van der Waals surface area contributed by atoms with Gasteiger partial charge in [0, 0.05) is 23.0 Å². The summed E-state index contributed by atoms with van der Waals surface area (Å²) in [7, 11) is 0. The van der Waals surface area contributed by atoms with E-state index in [0.29, 0.717) is 28.1 Å². The minimum absolute atomic E-state index is 0. The maximum atomic E-state index is 14.5. The van der Waals surface area contributed by atoms with Crippen LogP contribution in [0.15, 0.2) is 24.4 Å². The van der Waals surface area contributed by atoms with Gasteiger partial charge in [-0.2, -0.15) is 0 Å². The smallest absolute Gasteiger partial charge is 0.256 e. The number of anilines is 1. The van der Waals surface area contributed by atoms with Crippen molar-refractivity contribution in [3.63, 3.8) is 0 Å². The molecule has 0 bridgehead atoms. The molecule has 28 heavy (non-hydrogen) atoms. The number of aromatic nitrogens is 1. The van der Waals surface area contributed by atoms with Crippen molar-refractivity contribution in [2.45, 2.75) is 25.8 Å². The number of ketones is 1. The van der Waals surface area contributed by atoms with Gasteiger partial charge in [0.2, 0.25) is 0 Å². The largest absolute Gasteiger partial charge is 0.361 e. The summed E-state index contributed by atoms with van der Waals surface area (Å²) < 4.78 is 14.5. The fraction of sp³-hybridized carbons (Fsp3) is 0.238. The molecular weight excluding hydrogens is 381 g/mol. The van der Waals surface area contributed by atoms with Crippen molar-refractivity contribution < 1.29 is 14.0 Å². The lowest BCUT2D eigenvalue weighted by Gasteiger charge is -2.05. The average molecular weight is 400 g/mol. The second-order valence-corrected chi connectivity index (χ2v) is 6.68. The SMILES string of the molecule is CC(=O)c1c[nH]c(C=C2C(=O)Nc3ccc(F)c(C#CC4CCCN4)c32)c1.Cl. The summed E-state index contributed by atoms with van der Waals surface area (Å²) in [5.41, 5.74) is 2.65. The van der Waals surface area contributed by atoms with E-state index in [2.05, 4.69) is 27.5 Å². The molecule has 5 nitrogen and oxygen atoms in total. The summed E-state index contributed by atoms with van der Waals surface area (Å²) in [6.45, 7) is 2.38. The van der Waals surface area contributed by atoms with Gasteiger partial charge in [0.05, 0.1) is 22.9 Å². The van der Waals surface area contributed by atoms with Crippen LogP contribution in [-0.2, 0) is 4.79 Å². The lowest BCUT2D eigenvalue weighted by atomic mass is 9.98. The number of carbonyl (C=O) groups excluding carboxylic acids is 2. The van der Waals surface area contributed by atoms with Crippen LogP contribution < -0.4 is 10.6 Å². The van der Waals surface area contributed by atoms with Gasteiger partial charge >= 0.3 is 0 Å². The molecule has 2 aromatic rings. The minimum Gasteiger partial charge on any atom is -0.361 e. The first kappa shape index (κ1) is 19.9. The number of amides is 1. The Morgan fingerprint density at radius 2 is 2.18 bits per heavy atom. The van der Waals surface area contributed by atoms with Gasteiger partial charge < -0.3 is 15.6 Å². The molecule has 0 aliphatic carbocycles. The van der Waals surface area contributed by atoms with E-state index in [-0.39, 0.29) is 35.7 Å². The number of rotatable bonds is 2. The molecule has 1 fully saturated rings. The normalized spacial score (nSPS) is 18.9. The van der Waals surface area contributed by atoms with Crippen molar-refractivity contribution in [1.82, 2.24) is 10.3 Å². The highest BCUT2D eigenvalue weighted by atomic mass is 35.5. The van der Waals surface area contributed by atoms with Crippen LogP contribution in [0, 0.1) is 17.7 Å². The Bertz CT molecular complexity index is 1040. The molecule has 1 unspecified atom stereocenters. The highest BCUT2D eigenvalue weighted by Gasteiger charge is 2.28. The first-order valence-corrected chi connectivity index (χ1v) is 8.83. The second-order valence-electron chi connectivity index (χ2n) is 6.68. The van der Waals surface area contributed by atoms with Crippen LogP contribution in [0.3, 0.4) is 0 Å². The van der Waals surface area contributed by atoms with E-state index in [1.165, 1.54) is 19.1 Å². The third kappa shape index (κ3) is 3.72.